The van der Waals surface area contributed by atoms with Crippen molar-refractivity contribution >= 4 is 17.6 Å². The fourth-order valence-corrected chi connectivity index (χ4v) is 2.04. The maximum Gasteiger partial charge on any atom is 0.189 e. The Balaban J connectivity index is 2.04. The molecule has 0 aliphatic carbocycles. The minimum absolute atomic E-state index is 0.231. The number of rotatable bonds is 4. The zero-order valence-corrected chi connectivity index (χ0v) is 10.5. The second kappa shape index (κ2) is 5.84. The van der Waals surface area contributed by atoms with Gasteiger partial charge in [-0.2, -0.15) is 5.26 Å². The summed E-state index contributed by atoms with van der Waals surface area (Å²) in [4.78, 5) is 8.35. The van der Waals surface area contributed by atoms with Crippen LogP contribution in [-0.4, -0.2) is 35.5 Å². The van der Waals surface area contributed by atoms with Gasteiger partial charge in [-0.05, 0) is 19.1 Å². The maximum atomic E-state index is 8.97. The van der Waals surface area contributed by atoms with E-state index >= 15 is 0 Å². The van der Waals surface area contributed by atoms with Crippen LogP contribution in [0.15, 0.2) is 11.4 Å². The van der Waals surface area contributed by atoms with E-state index in [2.05, 4.69) is 21.4 Å². The number of nitrogens with zero attached hydrogens (tertiary/aromatic N) is 3. The van der Waals surface area contributed by atoms with Gasteiger partial charge >= 0.3 is 0 Å². The average molecular weight is 250 g/mol. The Morgan fingerprint density at radius 1 is 1.71 bits per heavy atom. The molecule has 2 rings (SSSR count). The van der Waals surface area contributed by atoms with Crippen molar-refractivity contribution in [1.82, 2.24) is 9.97 Å². The molecule has 1 aromatic heterocycles. The fourth-order valence-electron chi connectivity index (χ4n) is 1.70. The van der Waals surface area contributed by atoms with Crippen LogP contribution >= 0.6 is 11.8 Å². The topological polar surface area (TPSA) is 70.8 Å². The highest BCUT2D eigenvalue weighted by Gasteiger charge is 2.16. The van der Waals surface area contributed by atoms with Crippen LogP contribution in [0.3, 0.4) is 0 Å². The molecule has 1 atom stereocenters. The zero-order chi connectivity index (χ0) is 12.1. The Morgan fingerprint density at radius 3 is 3.24 bits per heavy atom. The van der Waals surface area contributed by atoms with Gasteiger partial charge in [-0.25, -0.2) is 9.97 Å². The standard InChI is InChI=1S/C11H14N4OS/c1-17-11-14-6-8(5-12)10(15-11)13-7-9-3-2-4-16-9/h6,9H,2-4,7H2,1H3,(H,13,14,15). The average Bonchev–Trinajstić information content (AvgIpc) is 2.89. The van der Waals surface area contributed by atoms with Gasteiger partial charge in [0.2, 0.25) is 0 Å². The molecule has 1 aromatic rings. The van der Waals surface area contributed by atoms with Crippen LogP contribution in [0.2, 0.25) is 0 Å². The molecule has 0 radical (unpaired) electrons. The number of hydrogen-bond donors (Lipinski definition) is 1. The molecular weight excluding hydrogens is 236 g/mol. The van der Waals surface area contributed by atoms with Gasteiger partial charge in [-0.3, -0.25) is 0 Å². The summed E-state index contributed by atoms with van der Waals surface area (Å²) < 4.78 is 5.51. The highest BCUT2D eigenvalue weighted by atomic mass is 32.2. The summed E-state index contributed by atoms with van der Waals surface area (Å²) in [7, 11) is 0. The van der Waals surface area contributed by atoms with E-state index in [0.717, 1.165) is 19.4 Å². The van der Waals surface area contributed by atoms with Crippen molar-refractivity contribution in [3.8, 4) is 6.07 Å². The van der Waals surface area contributed by atoms with Crippen LogP contribution in [0, 0.1) is 11.3 Å². The molecule has 0 aromatic carbocycles. The number of thioether (sulfide) groups is 1. The molecule has 1 N–H and O–H groups in total. The molecule has 1 saturated heterocycles. The third-order valence-corrected chi connectivity index (χ3v) is 3.15. The molecule has 6 heteroatoms. The Kier molecular flexibility index (Phi) is 4.18. The normalized spacial score (nSPS) is 18.9. The summed E-state index contributed by atoms with van der Waals surface area (Å²) in [5.74, 6) is 0.599. The number of aromatic nitrogens is 2. The number of nitrogens with one attached hydrogen (secondary N) is 1. The van der Waals surface area contributed by atoms with Crippen molar-refractivity contribution in [2.45, 2.75) is 24.1 Å². The van der Waals surface area contributed by atoms with E-state index in [4.69, 9.17) is 10.00 Å². The largest absolute Gasteiger partial charge is 0.376 e. The first kappa shape index (κ1) is 12.1. The molecule has 0 amide bonds. The molecule has 2 heterocycles. The van der Waals surface area contributed by atoms with E-state index in [1.54, 1.807) is 6.20 Å². The molecule has 1 aliphatic heterocycles. The van der Waals surface area contributed by atoms with E-state index in [1.165, 1.54) is 11.8 Å². The molecule has 1 aliphatic rings. The Hall–Kier alpha value is -1.32. The van der Waals surface area contributed by atoms with Crippen LogP contribution < -0.4 is 5.32 Å². The Labute approximate surface area is 105 Å². The van der Waals surface area contributed by atoms with E-state index in [-0.39, 0.29) is 6.10 Å². The first-order valence-corrected chi connectivity index (χ1v) is 6.72. The highest BCUT2D eigenvalue weighted by Crippen LogP contribution is 2.17. The number of nitriles is 1. The quantitative estimate of drug-likeness (QED) is 0.647. The van der Waals surface area contributed by atoms with Crippen LogP contribution in [0.5, 0.6) is 0 Å². The summed E-state index contributed by atoms with van der Waals surface area (Å²) in [5, 5.41) is 12.8. The molecule has 90 valence electrons. The SMILES string of the molecule is CSc1ncc(C#N)c(NCC2CCCO2)n1. The van der Waals surface area contributed by atoms with E-state index in [9.17, 15) is 0 Å². The van der Waals surface area contributed by atoms with Crippen LogP contribution in [-0.2, 0) is 4.74 Å². The lowest BCUT2D eigenvalue weighted by Crippen LogP contribution is -2.19. The fraction of sp³-hybridized carbons (Fsp3) is 0.545. The molecule has 0 saturated carbocycles. The molecular formula is C11H14N4OS. The summed E-state index contributed by atoms with van der Waals surface area (Å²) >= 11 is 1.46. The predicted octanol–water partition coefficient (Wildman–Crippen LogP) is 1.66. The smallest absolute Gasteiger partial charge is 0.189 e. The lowest BCUT2D eigenvalue weighted by molar-refractivity contribution is 0.120. The Morgan fingerprint density at radius 2 is 2.59 bits per heavy atom. The maximum absolute atomic E-state index is 8.97. The number of hydrogen-bond acceptors (Lipinski definition) is 6. The van der Waals surface area contributed by atoms with Crippen LogP contribution in [0.25, 0.3) is 0 Å². The van der Waals surface area contributed by atoms with Gasteiger partial charge in [0.15, 0.2) is 5.16 Å². The second-order valence-electron chi connectivity index (χ2n) is 3.75. The van der Waals surface area contributed by atoms with Gasteiger partial charge < -0.3 is 10.1 Å². The summed E-state index contributed by atoms with van der Waals surface area (Å²) in [6.45, 7) is 1.52. The van der Waals surface area contributed by atoms with Crippen molar-refractivity contribution in [2.75, 3.05) is 24.7 Å². The first-order chi connectivity index (χ1) is 8.33. The van der Waals surface area contributed by atoms with Gasteiger partial charge in [-0.1, -0.05) is 11.8 Å². The number of anilines is 1. The minimum atomic E-state index is 0.231. The van der Waals surface area contributed by atoms with Crippen molar-refractivity contribution in [2.24, 2.45) is 0 Å². The van der Waals surface area contributed by atoms with Crippen molar-refractivity contribution in [3.63, 3.8) is 0 Å². The number of ether oxygens (including phenoxy) is 1. The summed E-state index contributed by atoms with van der Waals surface area (Å²) in [5.41, 5.74) is 0.473. The highest BCUT2D eigenvalue weighted by molar-refractivity contribution is 7.98. The van der Waals surface area contributed by atoms with Crippen molar-refractivity contribution in [3.05, 3.63) is 11.8 Å². The predicted molar refractivity (Wildman–Crippen MR) is 66.0 cm³/mol. The van der Waals surface area contributed by atoms with E-state index in [0.29, 0.717) is 23.1 Å². The first-order valence-electron chi connectivity index (χ1n) is 5.50. The lowest BCUT2D eigenvalue weighted by Gasteiger charge is -2.12. The van der Waals surface area contributed by atoms with Gasteiger partial charge in [-0.15, -0.1) is 0 Å². The summed E-state index contributed by atoms with van der Waals surface area (Å²) in [6.07, 6.45) is 5.86. The molecule has 1 fully saturated rings. The zero-order valence-electron chi connectivity index (χ0n) is 9.64. The molecule has 5 nitrogen and oxygen atoms in total. The second-order valence-corrected chi connectivity index (χ2v) is 4.52. The molecule has 17 heavy (non-hydrogen) atoms. The third kappa shape index (κ3) is 3.08. The molecule has 1 unspecified atom stereocenters. The minimum Gasteiger partial charge on any atom is -0.376 e. The lowest BCUT2D eigenvalue weighted by atomic mass is 10.2. The Bertz CT molecular complexity index is 426. The van der Waals surface area contributed by atoms with E-state index < -0.39 is 0 Å². The molecule has 0 bridgehead atoms. The van der Waals surface area contributed by atoms with E-state index in [1.807, 2.05) is 6.26 Å². The van der Waals surface area contributed by atoms with Gasteiger partial charge in [0.05, 0.1) is 12.3 Å². The molecule has 0 spiro atoms. The summed E-state index contributed by atoms with van der Waals surface area (Å²) in [6, 6.07) is 2.08. The van der Waals surface area contributed by atoms with Gasteiger partial charge in [0.25, 0.3) is 0 Å². The van der Waals surface area contributed by atoms with Gasteiger partial charge in [0, 0.05) is 13.2 Å². The third-order valence-electron chi connectivity index (χ3n) is 2.59. The van der Waals surface area contributed by atoms with Crippen molar-refractivity contribution in [1.29, 1.82) is 5.26 Å². The van der Waals surface area contributed by atoms with Crippen LogP contribution in [0.1, 0.15) is 18.4 Å². The van der Waals surface area contributed by atoms with Crippen LogP contribution in [0.4, 0.5) is 5.82 Å². The van der Waals surface area contributed by atoms with Gasteiger partial charge in [0.1, 0.15) is 17.5 Å². The van der Waals surface area contributed by atoms with Crippen molar-refractivity contribution < 1.29 is 4.74 Å². The monoisotopic (exact) mass is 250 g/mol.